The number of hydrogen-bond donors (Lipinski definition) is 2. The van der Waals surface area contributed by atoms with Gasteiger partial charge in [0, 0.05) is 17.3 Å². The average molecular weight is 372 g/mol. The summed E-state index contributed by atoms with van der Waals surface area (Å²) in [6, 6.07) is 5.49. The zero-order valence-corrected chi connectivity index (χ0v) is 16.6. The number of nitrogens with one attached hydrogen (secondary N) is 1. The summed E-state index contributed by atoms with van der Waals surface area (Å²) < 4.78 is 10.5. The van der Waals surface area contributed by atoms with Gasteiger partial charge in [-0.2, -0.15) is 0 Å². The number of nitrogens with zero attached hydrogens (tertiary/aromatic N) is 2. The van der Waals surface area contributed by atoms with E-state index in [1.165, 1.54) is 7.11 Å². The number of nitrogens with two attached hydrogens (primary N) is 1. The van der Waals surface area contributed by atoms with Crippen molar-refractivity contribution in [2.75, 3.05) is 19.0 Å². The van der Waals surface area contributed by atoms with Crippen LogP contribution < -0.4 is 15.8 Å². The maximum atomic E-state index is 11.3. The van der Waals surface area contributed by atoms with Crippen molar-refractivity contribution in [3.8, 4) is 17.0 Å². The minimum Gasteiger partial charge on any atom is -0.490 e. The van der Waals surface area contributed by atoms with Crippen LogP contribution in [-0.2, 0) is 4.74 Å². The normalized spacial score (nSPS) is 13.1. The molecule has 2 rings (SSSR count). The smallest absolute Gasteiger partial charge is 0.412 e. The molecule has 0 radical (unpaired) electrons. The van der Waals surface area contributed by atoms with Crippen LogP contribution in [0, 0.1) is 12.8 Å². The van der Waals surface area contributed by atoms with Gasteiger partial charge in [-0.3, -0.25) is 10.3 Å². The molecule has 7 nitrogen and oxygen atoms in total. The first-order chi connectivity index (χ1) is 12.7. The summed E-state index contributed by atoms with van der Waals surface area (Å²) in [5.74, 6) is 1.61. The van der Waals surface area contributed by atoms with E-state index in [1.54, 1.807) is 18.5 Å². The number of carbonyl (C=O) groups is 1. The number of aryl methyl sites for hydroxylation is 1. The highest BCUT2D eigenvalue weighted by Crippen LogP contribution is 2.26. The fourth-order valence-corrected chi connectivity index (χ4v) is 2.90. The van der Waals surface area contributed by atoms with Crippen molar-refractivity contribution >= 4 is 11.9 Å². The number of rotatable bonds is 7. The summed E-state index contributed by atoms with van der Waals surface area (Å²) in [5, 5.41) is 2.54. The lowest BCUT2D eigenvalue weighted by Crippen LogP contribution is -2.43. The molecule has 0 saturated heterocycles. The zero-order chi connectivity index (χ0) is 20.0. The summed E-state index contributed by atoms with van der Waals surface area (Å²) in [6.45, 7) is 8.67. The van der Waals surface area contributed by atoms with Crippen molar-refractivity contribution in [2.45, 2.75) is 39.7 Å². The molecule has 0 aromatic carbocycles. The standard InChI is InChI=1S/C20H28N4O3/c1-13(2)10-20(4,21)12-27-17-11-23-16(8-14(17)3)15-6-7-22-18(9-15)24-19(25)26-5/h6-9,11,13H,10,12,21H2,1-5H3,(H,22,24,25). The number of pyridine rings is 2. The van der Waals surface area contributed by atoms with Crippen molar-refractivity contribution in [3.63, 3.8) is 0 Å². The van der Waals surface area contributed by atoms with Crippen molar-refractivity contribution in [3.05, 3.63) is 36.2 Å². The van der Waals surface area contributed by atoms with Gasteiger partial charge in [-0.05, 0) is 49.9 Å². The van der Waals surface area contributed by atoms with E-state index in [9.17, 15) is 4.79 Å². The summed E-state index contributed by atoms with van der Waals surface area (Å²) in [4.78, 5) is 19.9. The first kappa shape index (κ1) is 20.6. The van der Waals surface area contributed by atoms with Gasteiger partial charge in [0.15, 0.2) is 0 Å². The molecular weight excluding hydrogens is 344 g/mol. The van der Waals surface area contributed by atoms with Gasteiger partial charge in [0.25, 0.3) is 0 Å². The predicted octanol–water partition coefficient (Wildman–Crippen LogP) is 3.77. The fraction of sp³-hybridized carbons (Fsp3) is 0.450. The van der Waals surface area contributed by atoms with Crippen LogP contribution >= 0.6 is 0 Å². The lowest BCUT2D eigenvalue weighted by atomic mass is 9.93. The molecule has 1 unspecified atom stereocenters. The molecule has 0 bridgehead atoms. The Hall–Kier alpha value is -2.67. The molecule has 2 aromatic rings. The van der Waals surface area contributed by atoms with Gasteiger partial charge in [0.05, 0.1) is 19.0 Å². The van der Waals surface area contributed by atoms with Gasteiger partial charge in [-0.1, -0.05) is 13.8 Å². The maximum Gasteiger partial charge on any atom is 0.412 e. The van der Waals surface area contributed by atoms with Gasteiger partial charge >= 0.3 is 6.09 Å². The maximum absolute atomic E-state index is 11.3. The molecule has 146 valence electrons. The number of ether oxygens (including phenoxy) is 2. The van der Waals surface area contributed by atoms with E-state index in [0.717, 1.165) is 23.2 Å². The van der Waals surface area contributed by atoms with Gasteiger partial charge in [0.2, 0.25) is 0 Å². The summed E-state index contributed by atoms with van der Waals surface area (Å²) in [5.41, 5.74) is 8.46. The Balaban J connectivity index is 2.12. The highest BCUT2D eigenvalue weighted by molar-refractivity contribution is 5.84. The Morgan fingerprint density at radius 3 is 2.70 bits per heavy atom. The lowest BCUT2D eigenvalue weighted by Gasteiger charge is -2.27. The van der Waals surface area contributed by atoms with Crippen molar-refractivity contribution in [2.24, 2.45) is 11.7 Å². The van der Waals surface area contributed by atoms with Crippen LogP contribution in [0.3, 0.4) is 0 Å². The van der Waals surface area contributed by atoms with E-state index in [-0.39, 0.29) is 0 Å². The van der Waals surface area contributed by atoms with E-state index in [0.29, 0.717) is 24.1 Å². The Morgan fingerprint density at radius 1 is 1.33 bits per heavy atom. The Kier molecular flexibility index (Phi) is 6.74. The molecule has 27 heavy (non-hydrogen) atoms. The minimum absolute atomic E-state index is 0.390. The van der Waals surface area contributed by atoms with Crippen LogP contribution in [0.1, 0.15) is 32.8 Å². The molecule has 1 amide bonds. The average Bonchev–Trinajstić information content (AvgIpc) is 2.59. The Bertz CT molecular complexity index is 791. The minimum atomic E-state index is -0.571. The highest BCUT2D eigenvalue weighted by Gasteiger charge is 2.21. The molecule has 1 atom stereocenters. The first-order valence-electron chi connectivity index (χ1n) is 8.90. The van der Waals surface area contributed by atoms with Crippen molar-refractivity contribution in [1.82, 2.24) is 9.97 Å². The molecular formula is C20H28N4O3. The molecule has 0 aliphatic rings. The SMILES string of the molecule is COC(=O)Nc1cc(-c2cc(C)c(OCC(C)(N)CC(C)C)cn2)ccn1. The van der Waals surface area contributed by atoms with Gasteiger partial charge in [-0.25, -0.2) is 9.78 Å². The molecule has 3 N–H and O–H groups in total. The highest BCUT2D eigenvalue weighted by atomic mass is 16.5. The second-order valence-electron chi connectivity index (χ2n) is 7.42. The van der Waals surface area contributed by atoms with Crippen molar-refractivity contribution in [1.29, 1.82) is 0 Å². The van der Waals surface area contributed by atoms with Crippen molar-refractivity contribution < 1.29 is 14.3 Å². The second-order valence-corrected chi connectivity index (χ2v) is 7.42. The quantitative estimate of drug-likeness (QED) is 0.767. The van der Waals surface area contributed by atoms with E-state index in [1.807, 2.05) is 26.0 Å². The summed E-state index contributed by atoms with van der Waals surface area (Å²) in [7, 11) is 1.30. The summed E-state index contributed by atoms with van der Waals surface area (Å²) in [6.07, 6.45) is 3.61. The monoisotopic (exact) mass is 372 g/mol. The first-order valence-corrected chi connectivity index (χ1v) is 8.90. The topological polar surface area (TPSA) is 99.4 Å². The Morgan fingerprint density at radius 2 is 2.07 bits per heavy atom. The largest absolute Gasteiger partial charge is 0.490 e. The third-order valence-corrected chi connectivity index (χ3v) is 3.97. The van der Waals surface area contributed by atoms with Crippen LogP contribution in [0.4, 0.5) is 10.6 Å². The number of carbonyl (C=O) groups excluding carboxylic acids is 1. The number of aromatic nitrogens is 2. The number of amides is 1. The number of methoxy groups -OCH3 is 1. The van der Waals surface area contributed by atoms with Crippen LogP contribution in [-0.4, -0.2) is 35.3 Å². The predicted molar refractivity (Wildman–Crippen MR) is 106 cm³/mol. The second kappa shape index (κ2) is 8.81. The van der Waals surface area contributed by atoms with Crippen LogP contribution in [0.5, 0.6) is 5.75 Å². The lowest BCUT2D eigenvalue weighted by molar-refractivity contribution is 0.187. The molecule has 0 saturated carbocycles. The van der Waals surface area contributed by atoms with Crippen LogP contribution in [0.2, 0.25) is 0 Å². The molecule has 0 spiro atoms. The molecule has 7 heteroatoms. The number of hydrogen-bond acceptors (Lipinski definition) is 6. The molecule has 0 fully saturated rings. The number of anilines is 1. The van der Waals surface area contributed by atoms with Crippen LogP contribution in [0.15, 0.2) is 30.6 Å². The summed E-state index contributed by atoms with van der Waals surface area (Å²) >= 11 is 0. The van der Waals surface area contributed by atoms with E-state index in [2.05, 4.69) is 33.9 Å². The van der Waals surface area contributed by atoms with E-state index in [4.69, 9.17) is 10.5 Å². The van der Waals surface area contributed by atoms with Gasteiger partial charge in [0.1, 0.15) is 18.2 Å². The van der Waals surface area contributed by atoms with Gasteiger partial charge < -0.3 is 15.2 Å². The zero-order valence-electron chi connectivity index (χ0n) is 16.6. The van der Waals surface area contributed by atoms with E-state index < -0.39 is 11.6 Å². The molecule has 0 aliphatic carbocycles. The molecule has 2 heterocycles. The van der Waals surface area contributed by atoms with Crippen LogP contribution in [0.25, 0.3) is 11.3 Å². The van der Waals surface area contributed by atoms with E-state index >= 15 is 0 Å². The third-order valence-electron chi connectivity index (χ3n) is 3.97. The molecule has 2 aromatic heterocycles. The third kappa shape index (κ3) is 6.21. The van der Waals surface area contributed by atoms with Gasteiger partial charge in [-0.15, -0.1) is 0 Å². The molecule has 0 aliphatic heterocycles. The Labute approximate surface area is 160 Å². The fourth-order valence-electron chi connectivity index (χ4n) is 2.90.